The molecule has 0 N–H and O–H groups in total. The third-order valence-corrected chi connectivity index (χ3v) is 1.52. The van der Waals surface area contributed by atoms with Gasteiger partial charge >= 0.3 is 58.2 Å². The van der Waals surface area contributed by atoms with Gasteiger partial charge in [0.15, 0.2) is 0 Å². The summed E-state index contributed by atoms with van der Waals surface area (Å²) in [5.74, 6) is -1.07. The minimum atomic E-state index is -1.05. The molecule has 0 radical (unpaired) electrons. The molecule has 4 heteroatoms. The van der Waals surface area contributed by atoms with Crippen LogP contribution in [0.25, 0.3) is 0 Å². The van der Waals surface area contributed by atoms with Crippen molar-refractivity contribution in [2.24, 2.45) is 11.8 Å². The molecule has 0 bridgehead atoms. The zero-order valence-electron chi connectivity index (χ0n) is 7.87. The van der Waals surface area contributed by atoms with Crippen LogP contribution in [0.3, 0.4) is 0 Å². The maximum atomic E-state index is 10.2. The molecule has 0 fully saturated rings. The van der Waals surface area contributed by atoms with Gasteiger partial charge in [-0.2, -0.15) is 0 Å². The van der Waals surface area contributed by atoms with Gasteiger partial charge < -0.3 is 14.7 Å². The number of carbonyl (C=O) groups excluding carboxylic acids is 2. The van der Waals surface area contributed by atoms with E-state index in [-0.39, 0.29) is 76.4 Å². The molecule has 0 aliphatic heterocycles. The Hall–Kier alpha value is 0.945. The monoisotopic (exact) mass is 242 g/mol. The van der Waals surface area contributed by atoms with E-state index in [9.17, 15) is 14.7 Å². The maximum absolute atomic E-state index is 10.2. The number of hydrogen-bond acceptors (Lipinski definition) is 3. The zero-order valence-corrected chi connectivity index (χ0v) is 12.8. The van der Waals surface area contributed by atoms with Crippen LogP contribution in [0, 0.1) is 11.8 Å². The number of rotatable bonds is 5. The number of hydrogen-bond donors (Lipinski definition) is 0. The van der Waals surface area contributed by atoms with Gasteiger partial charge in [0.1, 0.15) is 6.29 Å². The van der Waals surface area contributed by atoms with Crippen molar-refractivity contribution in [2.75, 3.05) is 0 Å². The van der Waals surface area contributed by atoms with Gasteiger partial charge in [-0.15, -0.1) is 0 Å². The van der Waals surface area contributed by atoms with Crippen LogP contribution in [-0.4, -0.2) is 12.3 Å². The van der Waals surface area contributed by atoms with Crippen molar-refractivity contribution >= 4 is 12.3 Å². The molecule has 0 spiro atoms. The summed E-state index contributed by atoms with van der Waals surface area (Å²) in [6.07, 6.45) is 1.50. The van der Waals surface area contributed by atoms with Crippen LogP contribution in [0.4, 0.5) is 0 Å². The Morgan fingerprint density at radius 2 is 2.00 bits per heavy atom. The molecule has 0 amide bonds. The van der Waals surface area contributed by atoms with Gasteiger partial charge in [0.2, 0.25) is 0 Å². The Morgan fingerprint density at radius 3 is 2.33 bits per heavy atom. The number of carboxylic acid groups (broad SMARTS) is 1. The molecule has 2 atom stereocenters. The van der Waals surface area contributed by atoms with Crippen LogP contribution in [0.15, 0.2) is 0 Å². The van der Waals surface area contributed by atoms with Crippen LogP contribution in [0.5, 0.6) is 0 Å². The summed E-state index contributed by atoms with van der Waals surface area (Å²) in [4.78, 5) is 20.2. The zero-order chi connectivity index (χ0) is 8.85. The number of carboxylic acids is 1. The molecule has 3 nitrogen and oxygen atoms in total. The van der Waals surface area contributed by atoms with E-state index in [0.717, 1.165) is 6.29 Å². The van der Waals surface area contributed by atoms with Gasteiger partial charge in [-0.1, -0.05) is 13.8 Å². The fraction of sp³-hybridized carbons (Fsp3) is 0.750. The molecular formula is C8H13O3Rb. The van der Waals surface area contributed by atoms with Crippen molar-refractivity contribution in [3.8, 4) is 0 Å². The predicted molar refractivity (Wildman–Crippen MR) is 38.6 cm³/mol. The normalized spacial score (nSPS) is 14.2. The maximum Gasteiger partial charge on any atom is 1.00 e. The molecule has 0 aliphatic rings. The summed E-state index contributed by atoms with van der Waals surface area (Å²) >= 11 is 0. The van der Waals surface area contributed by atoms with E-state index in [4.69, 9.17) is 0 Å². The summed E-state index contributed by atoms with van der Waals surface area (Å²) in [7, 11) is 0. The largest absolute Gasteiger partial charge is 1.00 e. The Balaban J connectivity index is 0. The van der Waals surface area contributed by atoms with Crippen LogP contribution in [0.1, 0.15) is 26.7 Å². The van der Waals surface area contributed by atoms with Crippen molar-refractivity contribution in [3.05, 3.63) is 0 Å². The molecule has 0 aromatic carbocycles. The fourth-order valence-electron chi connectivity index (χ4n) is 1.06. The number of aliphatic carboxylic acids is 1. The van der Waals surface area contributed by atoms with Crippen LogP contribution >= 0.6 is 0 Å². The molecule has 0 rings (SSSR count). The summed E-state index contributed by atoms with van der Waals surface area (Å²) in [6, 6.07) is 0. The molecule has 0 saturated heterocycles. The average molecular weight is 243 g/mol. The first kappa shape index (κ1) is 15.4. The third-order valence-electron chi connectivity index (χ3n) is 1.52. The van der Waals surface area contributed by atoms with Gasteiger partial charge in [0.25, 0.3) is 0 Å². The van der Waals surface area contributed by atoms with Gasteiger partial charge in [-0.05, 0) is 18.8 Å². The van der Waals surface area contributed by atoms with Crippen LogP contribution < -0.4 is 63.3 Å². The Morgan fingerprint density at radius 1 is 1.50 bits per heavy atom. The van der Waals surface area contributed by atoms with Crippen LogP contribution in [-0.2, 0) is 9.59 Å². The molecular weight excluding hydrogens is 230 g/mol. The van der Waals surface area contributed by atoms with Crippen molar-refractivity contribution in [1.82, 2.24) is 0 Å². The first-order valence-corrected chi connectivity index (χ1v) is 3.71. The Labute approximate surface area is 122 Å². The van der Waals surface area contributed by atoms with E-state index in [2.05, 4.69) is 0 Å². The second kappa shape index (κ2) is 8.54. The van der Waals surface area contributed by atoms with Gasteiger partial charge in [0.05, 0.1) is 0 Å². The molecule has 0 saturated carbocycles. The molecule has 0 heterocycles. The smallest absolute Gasteiger partial charge is 0.550 e. The van der Waals surface area contributed by atoms with Crippen LogP contribution in [0.2, 0.25) is 0 Å². The Kier molecular flexibility index (Phi) is 11.0. The van der Waals surface area contributed by atoms with Gasteiger partial charge in [0, 0.05) is 11.9 Å². The second-order valence-electron chi connectivity index (χ2n) is 3.03. The first-order chi connectivity index (χ1) is 5.06. The van der Waals surface area contributed by atoms with Crippen molar-refractivity contribution in [2.45, 2.75) is 26.7 Å². The van der Waals surface area contributed by atoms with Crippen molar-refractivity contribution in [3.63, 3.8) is 0 Å². The quantitative estimate of drug-likeness (QED) is 0.483. The van der Waals surface area contributed by atoms with E-state index in [1.807, 2.05) is 0 Å². The predicted octanol–water partition coefficient (Wildman–Crippen LogP) is -3.01. The molecule has 12 heavy (non-hydrogen) atoms. The molecule has 0 aromatic rings. The molecule has 0 unspecified atom stereocenters. The third kappa shape index (κ3) is 9.04. The Bertz CT molecular complexity index is 147. The van der Waals surface area contributed by atoms with E-state index >= 15 is 0 Å². The molecule has 64 valence electrons. The minimum absolute atomic E-state index is 0. The topological polar surface area (TPSA) is 57.2 Å². The minimum Gasteiger partial charge on any atom is -0.550 e. The fourth-order valence-corrected chi connectivity index (χ4v) is 1.06. The van der Waals surface area contributed by atoms with E-state index in [0.29, 0.717) is 6.42 Å². The van der Waals surface area contributed by atoms with Crippen molar-refractivity contribution < 1.29 is 72.9 Å². The van der Waals surface area contributed by atoms with Crippen molar-refractivity contribution in [1.29, 1.82) is 0 Å². The summed E-state index contributed by atoms with van der Waals surface area (Å²) < 4.78 is 0. The summed E-state index contributed by atoms with van der Waals surface area (Å²) in [6.45, 7) is 3.58. The number of carbonyl (C=O) groups is 2. The number of aldehydes is 1. The summed E-state index contributed by atoms with van der Waals surface area (Å²) in [5.41, 5.74) is 0. The van der Waals surface area contributed by atoms with E-state index in [1.54, 1.807) is 13.8 Å². The summed E-state index contributed by atoms with van der Waals surface area (Å²) in [5, 5.41) is 10.1. The standard InChI is InChI=1S/C8H14O3.Rb/c1-6(4-8(10)11)3-7(2)5-9;/h5-7H,3-4H2,1-2H3,(H,10,11);/q;+1/p-1/t6-,7+;/m1./s1. The first-order valence-electron chi connectivity index (χ1n) is 3.71. The van der Waals surface area contributed by atoms with E-state index < -0.39 is 5.97 Å². The van der Waals surface area contributed by atoms with E-state index in [1.165, 1.54) is 0 Å². The SMILES string of the molecule is C[C@@H](CC(=O)[O-])C[C@H](C)C=O.[Rb+]. The van der Waals surface area contributed by atoms with Gasteiger partial charge in [-0.25, -0.2) is 0 Å². The second-order valence-corrected chi connectivity index (χ2v) is 3.03. The van der Waals surface area contributed by atoms with Gasteiger partial charge in [-0.3, -0.25) is 0 Å². The average Bonchev–Trinajstić information content (AvgIpc) is 1.85. The molecule has 0 aromatic heterocycles. The molecule has 0 aliphatic carbocycles.